The summed E-state index contributed by atoms with van der Waals surface area (Å²) in [5, 5.41) is 14.4. The zero-order valence-corrected chi connectivity index (χ0v) is 9.38. The van der Waals surface area contributed by atoms with Gasteiger partial charge in [0.1, 0.15) is 0 Å². The lowest BCUT2D eigenvalue weighted by Gasteiger charge is -1.99. The van der Waals surface area contributed by atoms with Gasteiger partial charge in [-0.3, -0.25) is 0 Å². The van der Waals surface area contributed by atoms with Crippen LogP contribution < -0.4 is 0 Å². The van der Waals surface area contributed by atoms with E-state index in [1.807, 2.05) is 10.9 Å². The van der Waals surface area contributed by atoms with Crippen molar-refractivity contribution in [2.75, 3.05) is 6.26 Å². The van der Waals surface area contributed by atoms with Gasteiger partial charge < -0.3 is 0 Å². The fraction of sp³-hybridized carbons (Fsp3) is 0.375. The molecular formula is C8H10N4S2. The summed E-state index contributed by atoms with van der Waals surface area (Å²) in [7, 11) is 0. The van der Waals surface area contributed by atoms with Crippen molar-refractivity contribution in [3.63, 3.8) is 0 Å². The van der Waals surface area contributed by atoms with E-state index in [9.17, 15) is 0 Å². The van der Waals surface area contributed by atoms with Crippen molar-refractivity contribution >= 4 is 23.1 Å². The fourth-order valence-corrected chi connectivity index (χ4v) is 2.31. The molecule has 0 amide bonds. The Kier molecular flexibility index (Phi) is 3.15. The van der Waals surface area contributed by atoms with Crippen LogP contribution in [0.15, 0.2) is 22.7 Å². The summed E-state index contributed by atoms with van der Waals surface area (Å²) in [4.78, 5) is 1.37. The van der Waals surface area contributed by atoms with Gasteiger partial charge in [0, 0.05) is 11.3 Å². The van der Waals surface area contributed by atoms with Crippen LogP contribution >= 0.6 is 23.1 Å². The van der Waals surface area contributed by atoms with Crippen LogP contribution in [0.25, 0.3) is 0 Å². The third-order valence-corrected chi connectivity index (χ3v) is 3.43. The van der Waals surface area contributed by atoms with E-state index in [0.717, 1.165) is 18.1 Å². The van der Waals surface area contributed by atoms with Gasteiger partial charge in [-0.15, -0.1) is 16.4 Å². The Morgan fingerprint density at radius 1 is 1.57 bits per heavy atom. The highest BCUT2D eigenvalue weighted by Crippen LogP contribution is 2.12. The molecule has 0 radical (unpaired) electrons. The molecule has 0 aliphatic heterocycles. The quantitative estimate of drug-likeness (QED) is 0.744. The first kappa shape index (κ1) is 9.67. The molecular weight excluding hydrogens is 216 g/mol. The molecule has 0 saturated heterocycles. The predicted octanol–water partition coefficient (Wildman–Crippen LogP) is 1.70. The number of hydrogen-bond donors (Lipinski definition) is 0. The first-order valence-corrected chi connectivity index (χ1v) is 6.33. The number of hydrogen-bond acceptors (Lipinski definition) is 5. The molecule has 0 aliphatic rings. The van der Waals surface area contributed by atoms with Crippen LogP contribution in [-0.4, -0.2) is 26.5 Å². The highest BCUT2D eigenvalue weighted by Gasteiger charge is 2.03. The lowest BCUT2D eigenvalue weighted by atomic mass is 10.3. The second-order valence-electron chi connectivity index (χ2n) is 2.72. The summed E-state index contributed by atoms with van der Waals surface area (Å²) < 4.78 is 1.84. The number of tetrazole rings is 1. The highest BCUT2D eigenvalue weighted by atomic mass is 32.2. The molecule has 2 rings (SSSR count). The molecule has 2 aromatic rings. The molecule has 0 bridgehead atoms. The zero-order chi connectivity index (χ0) is 9.80. The van der Waals surface area contributed by atoms with E-state index in [1.54, 1.807) is 23.1 Å². The van der Waals surface area contributed by atoms with Gasteiger partial charge in [-0.1, -0.05) is 17.8 Å². The minimum absolute atomic E-state index is 0.851. The van der Waals surface area contributed by atoms with Gasteiger partial charge in [0.15, 0.2) is 0 Å². The molecule has 6 heteroatoms. The summed E-state index contributed by atoms with van der Waals surface area (Å²) in [6, 6.07) is 4.20. The second kappa shape index (κ2) is 4.56. The molecule has 14 heavy (non-hydrogen) atoms. The molecule has 0 N–H and O–H groups in total. The summed E-state index contributed by atoms with van der Waals surface area (Å²) >= 11 is 3.34. The third kappa shape index (κ3) is 2.13. The van der Waals surface area contributed by atoms with Gasteiger partial charge in [-0.2, -0.15) is 0 Å². The lowest BCUT2D eigenvalue weighted by Crippen LogP contribution is -2.04. The Morgan fingerprint density at radius 2 is 2.50 bits per heavy atom. The Morgan fingerprint density at radius 3 is 3.21 bits per heavy atom. The summed E-state index contributed by atoms with van der Waals surface area (Å²) in [5.41, 5.74) is 0. The van der Waals surface area contributed by atoms with E-state index >= 15 is 0 Å². The smallest absolute Gasteiger partial charge is 0.209 e. The van der Waals surface area contributed by atoms with Crippen LogP contribution in [0.3, 0.4) is 0 Å². The predicted molar refractivity (Wildman–Crippen MR) is 57.6 cm³/mol. The zero-order valence-electron chi connectivity index (χ0n) is 7.75. The largest absolute Gasteiger partial charge is 0.220 e. The summed E-state index contributed by atoms with van der Waals surface area (Å²) in [6.45, 7) is 0.851. The van der Waals surface area contributed by atoms with Crippen molar-refractivity contribution in [3.05, 3.63) is 22.4 Å². The van der Waals surface area contributed by atoms with Crippen molar-refractivity contribution in [3.8, 4) is 0 Å². The molecule has 4 nitrogen and oxygen atoms in total. The van der Waals surface area contributed by atoms with E-state index < -0.39 is 0 Å². The standard InChI is InChI=1S/C8H10N4S2/c1-13-8-9-10-11-12(8)5-4-7-3-2-6-14-7/h2-3,6H,4-5H2,1H3. The van der Waals surface area contributed by atoms with Crippen molar-refractivity contribution in [1.82, 2.24) is 20.2 Å². The Balaban J connectivity index is 1.98. The molecule has 2 heterocycles. The van der Waals surface area contributed by atoms with Crippen molar-refractivity contribution in [2.45, 2.75) is 18.1 Å². The molecule has 0 spiro atoms. The molecule has 0 atom stereocenters. The van der Waals surface area contributed by atoms with Gasteiger partial charge in [-0.25, -0.2) is 4.68 Å². The van der Waals surface area contributed by atoms with Crippen LogP contribution in [-0.2, 0) is 13.0 Å². The molecule has 0 aliphatic carbocycles. The minimum Gasteiger partial charge on any atom is -0.220 e. The highest BCUT2D eigenvalue weighted by molar-refractivity contribution is 7.98. The maximum Gasteiger partial charge on any atom is 0.209 e. The number of thioether (sulfide) groups is 1. The van der Waals surface area contributed by atoms with Crippen LogP contribution in [0.4, 0.5) is 0 Å². The van der Waals surface area contributed by atoms with Gasteiger partial charge in [0.05, 0.1) is 6.54 Å². The number of rotatable bonds is 4. The minimum atomic E-state index is 0.851. The van der Waals surface area contributed by atoms with E-state index in [0.29, 0.717) is 0 Å². The Bertz CT molecular complexity index is 382. The maximum absolute atomic E-state index is 3.93. The van der Waals surface area contributed by atoms with Crippen molar-refractivity contribution in [2.24, 2.45) is 0 Å². The summed E-state index contributed by atoms with van der Waals surface area (Å²) in [5.74, 6) is 0. The first-order chi connectivity index (χ1) is 6.90. The van der Waals surface area contributed by atoms with E-state index in [2.05, 4.69) is 33.0 Å². The topological polar surface area (TPSA) is 43.6 Å². The van der Waals surface area contributed by atoms with Crippen molar-refractivity contribution < 1.29 is 0 Å². The van der Waals surface area contributed by atoms with Gasteiger partial charge in [0.2, 0.25) is 5.16 Å². The molecule has 0 saturated carbocycles. The van der Waals surface area contributed by atoms with Gasteiger partial charge in [0.25, 0.3) is 0 Å². The number of nitrogens with zero attached hydrogens (tertiary/aromatic N) is 4. The molecule has 0 fully saturated rings. The Labute approximate surface area is 90.3 Å². The number of aryl methyl sites for hydroxylation is 2. The van der Waals surface area contributed by atoms with Crippen LogP contribution in [0.1, 0.15) is 4.88 Å². The van der Waals surface area contributed by atoms with E-state index in [-0.39, 0.29) is 0 Å². The molecule has 0 unspecified atom stereocenters. The molecule has 0 aromatic carbocycles. The number of aromatic nitrogens is 4. The molecule has 2 aromatic heterocycles. The average Bonchev–Trinajstić information content (AvgIpc) is 2.85. The third-order valence-electron chi connectivity index (χ3n) is 1.83. The first-order valence-electron chi connectivity index (χ1n) is 4.22. The van der Waals surface area contributed by atoms with Gasteiger partial charge in [-0.05, 0) is 28.1 Å². The van der Waals surface area contributed by atoms with E-state index in [1.165, 1.54) is 4.88 Å². The normalized spacial score (nSPS) is 10.6. The summed E-state index contributed by atoms with van der Waals surface area (Å²) in [6.07, 6.45) is 2.98. The fourth-order valence-electron chi connectivity index (χ4n) is 1.15. The van der Waals surface area contributed by atoms with Gasteiger partial charge >= 0.3 is 0 Å². The second-order valence-corrected chi connectivity index (χ2v) is 4.52. The maximum atomic E-state index is 3.93. The van der Waals surface area contributed by atoms with Crippen LogP contribution in [0.5, 0.6) is 0 Å². The molecule has 74 valence electrons. The monoisotopic (exact) mass is 226 g/mol. The lowest BCUT2D eigenvalue weighted by molar-refractivity contribution is 0.551. The Hall–Kier alpha value is -0.880. The van der Waals surface area contributed by atoms with Crippen LogP contribution in [0.2, 0.25) is 0 Å². The van der Waals surface area contributed by atoms with Crippen LogP contribution in [0, 0.1) is 0 Å². The average molecular weight is 226 g/mol. The SMILES string of the molecule is CSc1nnnn1CCc1cccs1. The van der Waals surface area contributed by atoms with Crippen molar-refractivity contribution in [1.29, 1.82) is 0 Å². The van der Waals surface area contributed by atoms with E-state index in [4.69, 9.17) is 0 Å². The number of thiophene rings is 1.